The number of nitrogens with zero attached hydrogens (tertiary/aromatic N) is 2. The topological polar surface area (TPSA) is 63.3 Å². The van der Waals surface area contributed by atoms with Gasteiger partial charge in [0.05, 0.1) is 6.04 Å². The fourth-order valence-corrected chi connectivity index (χ4v) is 4.32. The predicted molar refractivity (Wildman–Crippen MR) is 126 cm³/mol. The number of carbonyl (C=O) groups is 1. The molecule has 7 heteroatoms. The predicted octanol–water partition coefficient (Wildman–Crippen LogP) is 4.07. The standard InChI is InChI=1S/C26H27N3O4/c30-26(33-22-9-5-2-6-10-22)27-18-23(20-11-12-24-25(17-20)32-19-31-24)29-15-13-28(14-16-29)21-7-3-1-4-8-21/h1-12,17,23H,13-16,18-19H2,(H,27,30)/t23-/m1/s1. The molecular weight excluding hydrogens is 418 g/mol. The van der Waals surface area contributed by atoms with Crippen LogP contribution in [0.5, 0.6) is 17.2 Å². The highest BCUT2D eigenvalue weighted by atomic mass is 16.7. The molecular formula is C26H27N3O4. The maximum atomic E-state index is 12.5. The number of piperazine rings is 1. The van der Waals surface area contributed by atoms with Crippen LogP contribution in [0.2, 0.25) is 0 Å². The van der Waals surface area contributed by atoms with E-state index in [0.717, 1.165) is 43.2 Å². The van der Waals surface area contributed by atoms with Gasteiger partial charge < -0.3 is 24.4 Å². The Kier molecular flexibility index (Phi) is 6.30. The molecule has 170 valence electrons. The van der Waals surface area contributed by atoms with Gasteiger partial charge >= 0.3 is 6.09 Å². The van der Waals surface area contributed by atoms with Crippen LogP contribution in [0, 0.1) is 0 Å². The van der Waals surface area contributed by atoms with E-state index in [1.165, 1.54) is 5.69 Å². The van der Waals surface area contributed by atoms with E-state index in [1.54, 1.807) is 12.1 Å². The smallest absolute Gasteiger partial charge is 0.412 e. The van der Waals surface area contributed by atoms with E-state index in [2.05, 4.69) is 39.4 Å². The lowest BCUT2D eigenvalue weighted by atomic mass is 10.0. The fourth-order valence-electron chi connectivity index (χ4n) is 4.32. The Morgan fingerprint density at radius 2 is 1.58 bits per heavy atom. The van der Waals surface area contributed by atoms with E-state index in [1.807, 2.05) is 42.5 Å². The van der Waals surface area contributed by atoms with Gasteiger partial charge in [-0.3, -0.25) is 4.90 Å². The summed E-state index contributed by atoms with van der Waals surface area (Å²) < 4.78 is 16.5. The Bertz CT molecular complexity index is 1070. The number of amides is 1. The summed E-state index contributed by atoms with van der Waals surface area (Å²) in [5.41, 5.74) is 2.31. The van der Waals surface area contributed by atoms with Gasteiger partial charge in [-0.05, 0) is 42.0 Å². The zero-order chi connectivity index (χ0) is 22.5. The van der Waals surface area contributed by atoms with Crippen LogP contribution in [0.1, 0.15) is 11.6 Å². The summed E-state index contributed by atoms with van der Waals surface area (Å²) in [6.45, 7) is 4.25. The zero-order valence-corrected chi connectivity index (χ0v) is 18.4. The number of ether oxygens (including phenoxy) is 3. The SMILES string of the molecule is O=C(NC[C@H](c1ccc2c(c1)OCO2)N1CCN(c2ccccc2)CC1)Oc1ccccc1. The lowest BCUT2D eigenvalue weighted by molar-refractivity contribution is 0.168. The van der Waals surface area contributed by atoms with Gasteiger partial charge in [0.1, 0.15) is 5.75 Å². The highest BCUT2D eigenvalue weighted by Crippen LogP contribution is 2.35. The molecule has 0 aliphatic carbocycles. The Labute approximate surface area is 193 Å². The van der Waals surface area contributed by atoms with Crippen LogP contribution in [-0.4, -0.2) is 50.5 Å². The summed E-state index contributed by atoms with van der Waals surface area (Å²) in [5.74, 6) is 2.02. The first-order valence-electron chi connectivity index (χ1n) is 11.2. The van der Waals surface area contributed by atoms with Gasteiger partial charge in [-0.15, -0.1) is 0 Å². The number of para-hydroxylation sites is 2. The zero-order valence-electron chi connectivity index (χ0n) is 18.4. The Hall–Kier alpha value is -3.71. The molecule has 2 heterocycles. The first kappa shape index (κ1) is 21.2. The summed E-state index contributed by atoms with van der Waals surface area (Å²) in [4.78, 5) is 17.2. The highest BCUT2D eigenvalue weighted by molar-refractivity contribution is 5.70. The summed E-state index contributed by atoms with van der Waals surface area (Å²) >= 11 is 0. The van der Waals surface area contributed by atoms with Crippen molar-refractivity contribution in [3.8, 4) is 17.2 Å². The fraction of sp³-hybridized carbons (Fsp3) is 0.269. The van der Waals surface area contributed by atoms with E-state index in [-0.39, 0.29) is 12.8 Å². The molecule has 2 aliphatic rings. The minimum Gasteiger partial charge on any atom is -0.454 e. The molecule has 5 rings (SSSR count). The highest BCUT2D eigenvalue weighted by Gasteiger charge is 2.27. The van der Waals surface area contributed by atoms with Crippen molar-refractivity contribution in [3.05, 3.63) is 84.4 Å². The van der Waals surface area contributed by atoms with Crippen molar-refractivity contribution in [3.63, 3.8) is 0 Å². The van der Waals surface area contributed by atoms with Crippen molar-refractivity contribution in [2.75, 3.05) is 44.4 Å². The van der Waals surface area contributed by atoms with Crippen LogP contribution >= 0.6 is 0 Å². The first-order chi connectivity index (χ1) is 16.3. The molecule has 0 spiro atoms. The molecule has 1 atom stereocenters. The lowest BCUT2D eigenvalue weighted by Gasteiger charge is -2.40. The number of carbonyl (C=O) groups excluding carboxylic acids is 1. The minimum atomic E-state index is -0.463. The molecule has 3 aromatic rings. The third-order valence-electron chi connectivity index (χ3n) is 6.05. The van der Waals surface area contributed by atoms with Gasteiger partial charge in [0, 0.05) is 38.4 Å². The summed E-state index contributed by atoms with van der Waals surface area (Å²) in [5, 5.41) is 2.95. The van der Waals surface area contributed by atoms with Crippen molar-refractivity contribution in [2.24, 2.45) is 0 Å². The first-order valence-corrected chi connectivity index (χ1v) is 11.2. The van der Waals surface area contributed by atoms with E-state index < -0.39 is 6.09 Å². The Morgan fingerprint density at radius 3 is 2.33 bits per heavy atom. The van der Waals surface area contributed by atoms with Crippen LogP contribution in [-0.2, 0) is 0 Å². The van der Waals surface area contributed by atoms with Gasteiger partial charge in [0.15, 0.2) is 11.5 Å². The third kappa shape index (κ3) is 5.04. The second kappa shape index (κ2) is 9.83. The van der Waals surface area contributed by atoms with E-state index in [9.17, 15) is 4.79 Å². The lowest BCUT2D eigenvalue weighted by Crippen LogP contribution is -2.50. The summed E-state index contributed by atoms with van der Waals surface area (Å²) in [7, 11) is 0. The van der Waals surface area contributed by atoms with Crippen molar-refractivity contribution < 1.29 is 19.0 Å². The molecule has 0 radical (unpaired) electrons. The van der Waals surface area contributed by atoms with E-state index >= 15 is 0 Å². The van der Waals surface area contributed by atoms with Crippen LogP contribution in [0.3, 0.4) is 0 Å². The van der Waals surface area contributed by atoms with Crippen molar-refractivity contribution >= 4 is 11.8 Å². The largest absolute Gasteiger partial charge is 0.454 e. The number of nitrogens with one attached hydrogen (secondary N) is 1. The number of fused-ring (bicyclic) bond motifs is 1. The maximum absolute atomic E-state index is 12.5. The molecule has 1 fully saturated rings. The second-order valence-corrected chi connectivity index (χ2v) is 8.07. The Morgan fingerprint density at radius 1 is 0.879 bits per heavy atom. The number of anilines is 1. The molecule has 0 aromatic heterocycles. The molecule has 33 heavy (non-hydrogen) atoms. The van der Waals surface area contributed by atoms with E-state index in [0.29, 0.717) is 12.3 Å². The average Bonchev–Trinajstić information content (AvgIpc) is 3.34. The number of benzene rings is 3. The second-order valence-electron chi connectivity index (χ2n) is 8.07. The van der Waals surface area contributed by atoms with Gasteiger partial charge in [0.2, 0.25) is 6.79 Å². The third-order valence-corrected chi connectivity index (χ3v) is 6.05. The van der Waals surface area contributed by atoms with Crippen LogP contribution in [0.25, 0.3) is 0 Å². The number of hydrogen-bond donors (Lipinski definition) is 1. The summed E-state index contributed by atoms with van der Waals surface area (Å²) in [6, 6.07) is 25.5. The molecule has 2 aliphatic heterocycles. The number of hydrogen-bond acceptors (Lipinski definition) is 6. The van der Waals surface area contributed by atoms with Crippen molar-refractivity contribution in [1.29, 1.82) is 0 Å². The van der Waals surface area contributed by atoms with Crippen LogP contribution < -0.4 is 24.4 Å². The average molecular weight is 446 g/mol. The van der Waals surface area contributed by atoms with Gasteiger partial charge in [-0.1, -0.05) is 42.5 Å². The van der Waals surface area contributed by atoms with Crippen molar-refractivity contribution in [1.82, 2.24) is 10.2 Å². The molecule has 0 saturated carbocycles. The Balaban J connectivity index is 1.28. The van der Waals surface area contributed by atoms with Crippen LogP contribution in [0.4, 0.5) is 10.5 Å². The quantitative estimate of drug-likeness (QED) is 0.617. The molecule has 7 nitrogen and oxygen atoms in total. The van der Waals surface area contributed by atoms with Gasteiger partial charge in [-0.2, -0.15) is 0 Å². The monoisotopic (exact) mass is 445 g/mol. The molecule has 0 bridgehead atoms. The van der Waals surface area contributed by atoms with E-state index in [4.69, 9.17) is 14.2 Å². The summed E-state index contributed by atoms with van der Waals surface area (Å²) in [6.07, 6.45) is -0.463. The molecule has 1 amide bonds. The normalized spacial score (nSPS) is 16.3. The molecule has 3 aromatic carbocycles. The number of rotatable bonds is 6. The van der Waals surface area contributed by atoms with Crippen LogP contribution in [0.15, 0.2) is 78.9 Å². The van der Waals surface area contributed by atoms with Gasteiger partial charge in [-0.25, -0.2) is 4.79 Å². The molecule has 1 N–H and O–H groups in total. The molecule has 0 unspecified atom stereocenters. The molecule has 1 saturated heterocycles. The van der Waals surface area contributed by atoms with Crippen molar-refractivity contribution in [2.45, 2.75) is 6.04 Å². The maximum Gasteiger partial charge on any atom is 0.412 e. The van der Waals surface area contributed by atoms with Gasteiger partial charge in [0.25, 0.3) is 0 Å². The minimum absolute atomic E-state index is 0.0132.